The second-order valence-corrected chi connectivity index (χ2v) is 6.00. The van der Waals surface area contributed by atoms with Crippen molar-refractivity contribution in [2.24, 2.45) is 0 Å². The van der Waals surface area contributed by atoms with E-state index in [9.17, 15) is 9.90 Å². The van der Waals surface area contributed by atoms with E-state index < -0.39 is 0 Å². The smallest absolute Gasteiger partial charge is 0.220 e. The summed E-state index contributed by atoms with van der Waals surface area (Å²) in [7, 11) is 1.61. The van der Waals surface area contributed by atoms with E-state index in [2.05, 4.69) is 5.32 Å². The van der Waals surface area contributed by atoms with Crippen LogP contribution < -0.4 is 10.1 Å². The monoisotopic (exact) mass is 373 g/mol. The molecule has 0 heterocycles. The topological polar surface area (TPSA) is 67.8 Å². The summed E-state index contributed by atoms with van der Waals surface area (Å²) in [4.78, 5) is 11.8. The van der Waals surface area contributed by atoms with Gasteiger partial charge in [-0.1, -0.05) is 26.0 Å². The molecule has 0 aliphatic carbocycles. The molecule has 0 unspecified atom stereocenters. The number of amides is 1. The number of phenols is 1. The molecule has 5 heteroatoms. The molecule has 27 heavy (non-hydrogen) atoms. The lowest BCUT2D eigenvalue weighted by Crippen LogP contribution is -2.27. The molecule has 0 atom stereocenters. The van der Waals surface area contributed by atoms with E-state index in [1.807, 2.05) is 39.8 Å². The maximum atomic E-state index is 11.8. The first-order valence-corrected chi connectivity index (χ1v) is 9.32. The number of rotatable bonds is 8. The number of phenolic OH excluding ortho intramolecular Hbond substituents is 1. The molecule has 0 spiro atoms. The van der Waals surface area contributed by atoms with Gasteiger partial charge in [0.1, 0.15) is 17.2 Å². The average Bonchev–Trinajstić information content (AvgIpc) is 2.66. The molecule has 0 bridgehead atoms. The Kier molecular flexibility index (Phi) is 9.98. The molecule has 0 aliphatic rings. The number of nitrogens with one attached hydrogen (secondary N) is 1. The van der Waals surface area contributed by atoms with Crippen LogP contribution in [-0.4, -0.2) is 31.3 Å². The van der Waals surface area contributed by atoms with Crippen molar-refractivity contribution >= 4 is 5.91 Å². The fourth-order valence-electron chi connectivity index (χ4n) is 2.62. The minimum atomic E-state index is 0.0248. The van der Waals surface area contributed by atoms with Gasteiger partial charge in [-0.05, 0) is 61.2 Å². The molecule has 2 N–H and O–H groups in total. The van der Waals surface area contributed by atoms with Gasteiger partial charge in [0.2, 0.25) is 5.91 Å². The number of carbonyl (C=O) groups is 1. The molecular weight excluding hydrogens is 342 g/mol. The molecule has 1 amide bonds. The Morgan fingerprint density at radius 2 is 1.67 bits per heavy atom. The largest absolute Gasteiger partial charge is 0.508 e. The van der Waals surface area contributed by atoms with E-state index in [4.69, 9.17) is 9.47 Å². The van der Waals surface area contributed by atoms with Gasteiger partial charge in [0, 0.05) is 20.1 Å². The van der Waals surface area contributed by atoms with Crippen LogP contribution in [0.4, 0.5) is 0 Å². The van der Waals surface area contributed by atoms with Crippen molar-refractivity contribution in [3.8, 4) is 17.2 Å². The molecule has 0 fully saturated rings. The van der Waals surface area contributed by atoms with Crippen LogP contribution in [0.5, 0.6) is 17.2 Å². The normalized spacial score (nSPS) is 9.96. The molecule has 0 aromatic heterocycles. The number of hydrogen-bond acceptors (Lipinski definition) is 4. The predicted octanol–water partition coefficient (Wildman–Crippen LogP) is 4.52. The van der Waals surface area contributed by atoms with Gasteiger partial charge in [-0.25, -0.2) is 0 Å². The maximum Gasteiger partial charge on any atom is 0.220 e. The van der Waals surface area contributed by atoms with Crippen molar-refractivity contribution in [3.63, 3.8) is 0 Å². The van der Waals surface area contributed by atoms with Crippen molar-refractivity contribution in [2.75, 3.05) is 20.3 Å². The number of aryl methyl sites for hydroxylation is 3. The Balaban J connectivity index is 0.00000176. The van der Waals surface area contributed by atoms with Crippen molar-refractivity contribution < 1.29 is 19.4 Å². The van der Waals surface area contributed by atoms with Crippen molar-refractivity contribution in [1.29, 1.82) is 0 Å². The molecule has 2 aromatic carbocycles. The summed E-state index contributed by atoms with van der Waals surface area (Å²) in [5.74, 6) is 1.71. The number of methoxy groups -OCH3 is 1. The Hall–Kier alpha value is -2.53. The van der Waals surface area contributed by atoms with Crippen LogP contribution in [0.25, 0.3) is 0 Å². The first-order valence-electron chi connectivity index (χ1n) is 9.32. The lowest BCUT2D eigenvalue weighted by atomic mass is 10.0. The quantitative estimate of drug-likeness (QED) is 0.668. The van der Waals surface area contributed by atoms with Crippen molar-refractivity contribution in [1.82, 2.24) is 5.32 Å². The van der Waals surface area contributed by atoms with Crippen LogP contribution in [0.3, 0.4) is 0 Å². The molecule has 0 saturated carbocycles. The van der Waals surface area contributed by atoms with E-state index >= 15 is 0 Å². The first kappa shape index (κ1) is 22.5. The molecule has 0 radical (unpaired) electrons. The highest BCUT2D eigenvalue weighted by Gasteiger charge is 2.09. The van der Waals surface area contributed by atoms with Gasteiger partial charge in [0.05, 0.1) is 6.61 Å². The summed E-state index contributed by atoms with van der Waals surface area (Å²) >= 11 is 0. The molecule has 0 saturated heterocycles. The minimum absolute atomic E-state index is 0.0248. The van der Waals surface area contributed by atoms with Gasteiger partial charge < -0.3 is 19.9 Å². The van der Waals surface area contributed by atoms with Gasteiger partial charge >= 0.3 is 0 Å². The molecule has 0 aliphatic heterocycles. The van der Waals surface area contributed by atoms with Crippen molar-refractivity contribution in [3.05, 3.63) is 53.1 Å². The number of aromatic hydroxyl groups is 1. The van der Waals surface area contributed by atoms with E-state index in [0.717, 1.165) is 22.4 Å². The molecule has 2 rings (SSSR count). The third kappa shape index (κ3) is 7.71. The summed E-state index contributed by atoms with van der Waals surface area (Å²) < 4.78 is 10.8. The van der Waals surface area contributed by atoms with Gasteiger partial charge in [-0.2, -0.15) is 0 Å². The van der Waals surface area contributed by atoms with Crippen LogP contribution in [0.2, 0.25) is 0 Å². The lowest BCUT2D eigenvalue weighted by molar-refractivity contribution is -0.121. The van der Waals surface area contributed by atoms with E-state index in [1.54, 1.807) is 31.4 Å². The van der Waals surface area contributed by atoms with Crippen LogP contribution in [0, 0.1) is 13.8 Å². The van der Waals surface area contributed by atoms with Crippen molar-refractivity contribution in [2.45, 2.75) is 40.5 Å². The Bertz CT molecular complexity index is 688. The van der Waals surface area contributed by atoms with Gasteiger partial charge in [0.15, 0.2) is 0 Å². The fraction of sp³-hybridized carbons (Fsp3) is 0.409. The van der Waals surface area contributed by atoms with Crippen LogP contribution in [0.1, 0.15) is 37.0 Å². The molecule has 2 aromatic rings. The SMILES string of the molecule is CC.COCCNC(=O)CCc1cc(C)c(Oc2ccc(O)cc2)c(C)c1. The number of carbonyl (C=O) groups excluding carboxylic acids is 1. The molecular formula is C22H31NO4. The summed E-state index contributed by atoms with van der Waals surface area (Å²) in [6, 6.07) is 10.7. The van der Waals surface area contributed by atoms with Gasteiger partial charge in [-0.3, -0.25) is 4.79 Å². The van der Waals surface area contributed by atoms with Gasteiger partial charge in [-0.15, -0.1) is 0 Å². The lowest BCUT2D eigenvalue weighted by Gasteiger charge is -2.14. The Morgan fingerprint density at radius 3 is 2.22 bits per heavy atom. The third-order valence-electron chi connectivity index (χ3n) is 3.85. The standard InChI is InChI=1S/C20H25NO4.C2H6/c1-14-12-16(4-9-19(23)21-10-11-24-3)13-15(2)20(14)25-18-7-5-17(22)6-8-18;1-2/h5-8,12-13,22H,4,9-11H2,1-3H3,(H,21,23);1-2H3. The average molecular weight is 373 g/mol. The second kappa shape index (κ2) is 12.0. The fourth-order valence-corrected chi connectivity index (χ4v) is 2.62. The van der Waals surface area contributed by atoms with E-state index in [-0.39, 0.29) is 11.7 Å². The zero-order valence-corrected chi connectivity index (χ0v) is 17.0. The summed E-state index contributed by atoms with van der Waals surface area (Å²) in [6.07, 6.45) is 1.13. The highest BCUT2D eigenvalue weighted by molar-refractivity contribution is 5.76. The molecule has 148 valence electrons. The highest BCUT2D eigenvalue weighted by Crippen LogP contribution is 2.30. The Labute approximate surface area is 162 Å². The van der Waals surface area contributed by atoms with Crippen LogP contribution in [-0.2, 0) is 16.0 Å². The zero-order chi connectivity index (χ0) is 20.2. The van der Waals surface area contributed by atoms with E-state index in [0.29, 0.717) is 31.7 Å². The summed E-state index contributed by atoms with van der Waals surface area (Å²) in [6.45, 7) is 9.04. The Morgan fingerprint density at radius 1 is 1.07 bits per heavy atom. The first-order chi connectivity index (χ1) is 13.0. The minimum Gasteiger partial charge on any atom is -0.508 e. The third-order valence-corrected chi connectivity index (χ3v) is 3.85. The predicted molar refractivity (Wildman–Crippen MR) is 109 cm³/mol. The number of ether oxygens (including phenoxy) is 2. The second-order valence-electron chi connectivity index (χ2n) is 6.00. The number of hydrogen-bond donors (Lipinski definition) is 2. The molecule has 5 nitrogen and oxygen atoms in total. The maximum absolute atomic E-state index is 11.8. The van der Waals surface area contributed by atoms with Gasteiger partial charge in [0.25, 0.3) is 0 Å². The summed E-state index contributed by atoms with van der Waals surface area (Å²) in [5.41, 5.74) is 3.14. The van der Waals surface area contributed by atoms with E-state index in [1.165, 1.54) is 0 Å². The summed E-state index contributed by atoms with van der Waals surface area (Å²) in [5, 5.41) is 12.2. The van der Waals surface area contributed by atoms with Crippen LogP contribution >= 0.6 is 0 Å². The highest BCUT2D eigenvalue weighted by atomic mass is 16.5. The zero-order valence-electron chi connectivity index (χ0n) is 17.0. The van der Waals surface area contributed by atoms with Crippen LogP contribution in [0.15, 0.2) is 36.4 Å². The number of benzene rings is 2.